The molecule has 0 unspecified atom stereocenters. The Kier molecular flexibility index (Phi) is 4.26. The number of hydrogen-bond acceptors (Lipinski definition) is 4. The van der Waals surface area contributed by atoms with Crippen LogP contribution < -0.4 is 5.32 Å². The number of aryl methyl sites for hydroxylation is 2. The number of likely N-dealkylation sites (tertiary alicyclic amines) is 1. The van der Waals surface area contributed by atoms with Crippen LogP contribution >= 0.6 is 0 Å². The van der Waals surface area contributed by atoms with Gasteiger partial charge in [-0.3, -0.25) is 9.59 Å². The highest BCUT2D eigenvalue weighted by atomic mass is 16.4. The van der Waals surface area contributed by atoms with Crippen molar-refractivity contribution in [1.82, 2.24) is 9.88 Å². The van der Waals surface area contributed by atoms with Crippen molar-refractivity contribution < 1.29 is 14.0 Å². The van der Waals surface area contributed by atoms with E-state index >= 15 is 0 Å². The molecule has 6 nitrogen and oxygen atoms in total. The molecule has 0 bridgehead atoms. The van der Waals surface area contributed by atoms with Crippen LogP contribution in [0.5, 0.6) is 0 Å². The fourth-order valence-electron chi connectivity index (χ4n) is 3.39. The van der Waals surface area contributed by atoms with Crippen molar-refractivity contribution in [2.45, 2.75) is 45.6 Å². The zero-order chi connectivity index (χ0) is 18.3. The average molecular weight is 353 g/mol. The highest BCUT2D eigenvalue weighted by Gasteiger charge is 2.40. The topological polar surface area (TPSA) is 75.4 Å². The van der Waals surface area contributed by atoms with Gasteiger partial charge < -0.3 is 14.6 Å². The molecule has 0 spiro atoms. The molecule has 1 aliphatic heterocycles. The maximum Gasteiger partial charge on any atom is 0.247 e. The van der Waals surface area contributed by atoms with Crippen LogP contribution in [0.25, 0.3) is 11.5 Å². The fraction of sp³-hybridized carbons (Fsp3) is 0.450. The standard InChI is InChI=1S/C20H23N3O3/c1-12-13(2)26-19(21-12)14-7-9-16(10-8-14)22-18(24)17-4-3-11-23(17)20(25)15-5-6-15/h7-10,15,17H,3-6,11H2,1-2H3,(H,22,24)/t17-/m0/s1. The van der Waals surface area contributed by atoms with Crippen LogP contribution in [0.15, 0.2) is 28.7 Å². The second-order valence-electron chi connectivity index (χ2n) is 7.19. The molecule has 136 valence electrons. The van der Waals surface area contributed by atoms with Gasteiger partial charge in [-0.1, -0.05) is 0 Å². The predicted molar refractivity (Wildman–Crippen MR) is 97.5 cm³/mol. The summed E-state index contributed by atoms with van der Waals surface area (Å²) in [4.78, 5) is 31.1. The largest absolute Gasteiger partial charge is 0.441 e. The third-order valence-electron chi connectivity index (χ3n) is 5.19. The summed E-state index contributed by atoms with van der Waals surface area (Å²) in [6, 6.07) is 7.08. The third kappa shape index (κ3) is 3.23. The smallest absolute Gasteiger partial charge is 0.247 e. The third-order valence-corrected chi connectivity index (χ3v) is 5.19. The first-order valence-corrected chi connectivity index (χ1v) is 9.19. The van der Waals surface area contributed by atoms with E-state index in [9.17, 15) is 9.59 Å². The minimum atomic E-state index is -0.347. The summed E-state index contributed by atoms with van der Waals surface area (Å²) in [6.07, 6.45) is 3.55. The number of benzene rings is 1. The summed E-state index contributed by atoms with van der Waals surface area (Å²) >= 11 is 0. The zero-order valence-corrected chi connectivity index (χ0v) is 15.1. The lowest BCUT2D eigenvalue weighted by atomic mass is 10.1. The molecular formula is C20H23N3O3. The first-order chi connectivity index (χ1) is 12.5. The van der Waals surface area contributed by atoms with E-state index in [0.717, 1.165) is 42.7 Å². The van der Waals surface area contributed by atoms with Crippen LogP contribution in [0.2, 0.25) is 0 Å². The zero-order valence-electron chi connectivity index (χ0n) is 15.1. The molecule has 1 aromatic heterocycles. The highest BCUT2D eigenvalue weighted by Crippen LogP contribution is 2.34. The Morgan fingerprint density at radius 3 is 2.50 bits per heavy atom. The summed E-state index contributed by atoms with van der Waals surface area (Å²) in [5.41, 5.74) is 2.45. The van der Waals surface area contributed by atoms with Crippen molar-refractivity contribution in [1.29, 1.82) is 0 Å². The van der Waals surface area contributed by atoms with E-state index in [1.54, 1.807) is 4.90 Å². The number of hydrogen-bond donors (Lipinski definition) is 1. The second kappa shape index (κ2) is 6.59. The van der Waals surface area contributed by atoms with Crippen LogP contribution in [-0.4, -0.2) is 34.3 Å². The van der Waals surface area contributed by atoms with Crippen LogP contribution in [0.1, 0.15) is 37.1 Å². The molecule has 2 heterocycles. The van der Waals surface area contributed by atoms with Gasteiger partial charge in [0, 0.05) is 23.7 Å². The number of anilines is 1. The van der Waals surface area contributed by atoms with Gasteiger partial charge in [0.25, 0.3) is 0 Å². The lowest BCUT2D eigenvalue weighted by Gasteiger charge is -2.24. The first kappa shape index (κ1) is 16.8. The van der Waals surface area contributed by atoms with E-state index in [-0.39, 0.29) is 23.8 Å². The Balaban J connectivity index is 1.43. The Labute approximate surface area is 152 Å². The molecule has 1 aromatic carbocycles. The maximum absolute atomic E-state index is 12.6. The predicted octanol–water partition coefficient (Wildman–Crippen LogP) is 3.30. The molecule has 2 aliphatic rings. The molecule has 1 N–H and O–H groups in total. The molecule has 1 aliphatic carbocycles. The highest BCUT2D eigenvalue weighted by molar-refractivity contribution is 5.98. The van der Waals surface area contributed by atoms with Gasteiger partial charge in [0.2, 0.25) is 17.7 Å². The van der Waals surface area contributed by atoms with Crippen LogP contribution in [0.3, 0.4) is 0 Å². The normalized spacial score (nSPS) is 19.6. The van der Waals surface area contributed by atoms with Crippen molar-refractivity contribution in [3.05, 3.63) is 35.7 Å². The van der Waals surface area contributed by atoms with Gasteiger partial charge in [-0.2, -0.15) is 0 Å². The molecular weight excluding hydrogens is 330 g/mol. The fourth-order valence-corrected chi connectivity index (χ4v) is 3.39. The monoisotopic (exact) mass is 353 g/mol. The number of carbonyl (C=O) groups is 2. The molecule has 2 aromatic rings. The molecule has 2 fully saturated rings. The van der Waals surface area contributed by atoms with E-state index in [0.29, 0.717) is 18.1 Å². The van der Waals surface area contributed by atoms with E-state index in [1.165, 1.54) is 0 Å². The molecule has 4 rings (SSSR count). The average Bonchev–Trinajstić information content (AvgIpc) is 3.27. The summed E-state index contributed by atoms with van der Waals surface area (Å²) in [5, 5.41) is 2.94. The van der Waals surface area contributed by atoms with Gasteiger partial charge in [-0.15, -0.1) is 0 Å². The molecule has 1 atom stereocenters. The number of nitrogens with zero attached hydrogens (tertiary/aromatic N) is 2. The van der Waals surface area contributed by atoms with Gasteiger partial charge in [-0.25, -0.2) is 4.98 Å². The molecule has 26 heavy (non-hydrogen) atoms. The molecule has 0 radical (unpaired) electrons. The van der Waals surface area contributed by atoms with Crippen molar-refractivity contribution >= 4 is 17.5 Å². The number of amides is 2. The molecule has 6 heteroatoms. The minimum Gasteiger partial charge on any atom is -0.441 e. The number of aromatic nitrogens is 1. The van der Waals surface area contributed by atoms with Crippen LogP contribution in [0.4, 0.5) is 5.69 Å². The van der Waals surface area contributed by atoms with Crippen molar-refractivity contribution in [2.75, 3.05) is 11.9 Å². The Morgan fingerprint density at radius 2 is 1.88 bits per heavy atom. The number of oxazole rings is 1. The van der Waals surface area contributed by atoms with Gasteiger partial charge in [0.1, 0.15) is 11.8 Å². The lowest BCUT2D eigenvalue weighted by molar-refractivity contribution is -0.137. The minimum absolute atomic E-state index is 0.105. The number of nitrogens with one attached hydrogen (secondary N) is 1. The van der Waals surface area contributed by atoms with Crippen LogP contribution in [-0.2, 0) is 9.59 Å². The van der Waals surface area contributed by atoms with Gasteiger partial charge in [0.05, 0.1) is 5.69 Å². The van der Waals surface area contributed by atoms with E-state index in [2.05, 4.69) is 10.3 Å². The Morgan fingerprint density at radius 1 is 1.15 bits per heavy atom. The second-order valence-corrected chi connectivity index (χ2v) is 7.19. The number of rotatable bonds is 4. The van der Waals surface area contributed by atoms with E-state index in [4.69, 9.17) is 4.42 Å². The van der Waals surface area contributed by atoms with Crippen molar-refractivity contribution in [3.63, 3.8) is 0 Å². The summed E-state index contributed by atoms with van der Waals surface area (Å²) in [6.45, 7) is 4.49. The number of carbonyl (C=O) groups excluding carboxylic acids is 2. The van der Waals surface area contributed by atoms with Crippen LogP contribution in [0, 0.1) is 19.8 Å². The van der Waals surface area contributed by atoms with E-state index in [1.807, 2.05) is 38.1 Å². The Hall–Kier alpha value is -2.63. The maximum atomic E-state index is 12.6. The molecule has 1 saturated heterocycles. The van der Waals surface area contributed by atoms with Gasteiger partial charge in [0.15, 0.2) is 0 Å². The molecule has 2 amide bonds. The summed E-state index contributed by atoms with van der Waals surface area (Å²) < 4.78 is 5.63. The summed E-state index contributed by atoms with van der Waals surface area (Å²) in [7, 11) is 0. The summed E-state index contributed by atoms with van der Waals surface area (Å²) in [5.74, 6) is 1.57. The Bertz CT molecular complexity index is 817. The quantitative estimate of drug-likeness (QED) is 0.915. The van der Waals surface area contributed by atoms with Gasteiger partial charge in [-0.05, 0) is 63.8 Å². The SMILES string of the molecule is Cc1nc(-c2ccc(NC(=O)[C@@H]3CCCN3C(=O)C3CC3)cc2)oc1C. The lowest BCUT2D eigenvalue weighted by Crippen LogP contribution is -2.43. The first-order valence-electron chi connectivity index (χ1n) is 9.19. The molecule has 1 saturated carbocycles. The van der Waals surface area contributed by atoms with Crippen molar-refractivity contribution in [2.24, 2.45) is 5.92 Å². The van der Waals surface area contributed by atoms with Gasteiger partial charge >= 0.3 is 0 Å². The van der Waals surface area contributed by atoms with E-state index < -0.39 is 0 Å². The van der Waals surface area contributed by atoms with Crippen molar-refractivity contribution in [3.8, 4) is 11.5 Å².